The first-order chi connectivity index (χ1) is 7.50. The van der Waals surface area contributed by atoms with Crippen molar-refractivity contribution < 1.29 is 4.79 Å². The van der Waals surface area contributed by atoms with Gasteiger partial charge < -0.3 is 10.6 Å². The minimum atomic E-state index is -0.350. The Labute approximate surface area is 96.2 Å². The smallest absolute Gasteiger partial charge is 0.248 e. The summed E-state index contributed by atoms with van der Waals surface area (Å²) < 4.78 is 0. The van der Waals surface area contributed by atoms with Gasteiger partial charge >= 0.3 is 0 Å². The number of nitrogens with zero attached hydrogens (tertiary/aromatic N) is 1. The summed E-state index contributed by atoms with van der Waals surface area (Å²) >= 11 is 0. The zero-order valence-electron chi connectivity index (χ0n) is 10.0. The standard InChI is InChI=1S/C13H18N2O/c1-8-6-11-7-10(13(14)16)4-5-12(11)15(3)9(8)2/h4-5,7-9H,6H2,1-3H3,(H2,14,16)/t8-,9+/m1/s1. The van der Waals surface area contributed by atoms with Gasteiger partial charge in [-0.2, -0.15) is 0 Å². The third kappa shape index (κ3) is 1.66. The Morgan fingerprint density at radius 3 is 2.75 bits per heavy atom. The van der Waals surface area contributed by atoms with Crippen LogP contribution in [0.3, 0.4) is 0 Å². The van der Waals surface area contributed by atoms with Gasteiger partial charge in [-0.25, -0.2) is 0 Å². The molecule has 1 heterocycles. The SMILES string of the molecule is C[C@@H]1Cc2cc(C(N)=O)ccc2N(C)[C@H]1C. The maximum Gasteiger partial charge on any atom is 0.248 e. The fraction of sp³-hybridized carbons (Fsp3) is 0.462. The van der Waals surface area contributed by atoms with Crippen molar-refractivity contribution in [3.63, 3.8) is 0 Å². The van der Waals surface area contributed by atoms with Crippen LogP contribution in [0.1, 0.15) is 29.8 Å². The van der Waals surface area contributed by atoms with Crippen molar-refractivity contribution in [2.24, 2.45) is 11.7 Å². The molecule has 0 aromatic heterocycles. The van der Waals surface area contributed by atoms with Crippen LogP contribution in [-0.2, 0) is 6.42 Å². The molecule has 0 saturated carbocycles. The van der Waals surface area contributed by atoms with Crippen LogP contribution in [0.25, 0.3) is 0 Å². The van der Waals surface area contributed by atoms with Gasteiger partial charge in [-0.1, -0.05) is 6.92 Å². The Morgan fingerprint density at radius 2 is 2.12 bits per heavy atom. The molecule has 0 fully saturated rings. The maximum absolute atomic E-state index is 11.1. The predicted molar refractivity (Wildman–Crippen MR) is 65.7 cm³/mol. The third-order valence-corrected chi connectivity index (χ3v) is 3.72. The molecule has 0 unspecified atom stereocenters. The Hall–Kier alpha value is -1.51. The third-order valence-electron chi connectivity index (χ3n) is 3.72. The molecule has 0 aliphatic carbocycles. The van der Waals surface area contributed by atoms with Gasteiger partial charge in [-0.15, -0.1) is 0 Å². The topological polar surface area (TPSA) is 46.3 Å². The van der Waals surface area contributed by atoms with Crippen LogP contribution in [0.4, 0.5) is 5.69 Å². The Balaban J connectivity index is 2.45. The summed E-state index contributed by atoms with van der Waals surface area (Å²) in [6.07, 6.45) is 1.02. The highest BCUT2D eigenvalue weighted by atomic mass is 16.1. The second-order valence-electron chi connectivity index (χ2n) is 4.74. The zero-order chi connectivity index (χ0) is 11.9. The lowest BCUT2D eigenvalue weighted by Crippen LogP contribution is -2.39. The van der Waals surface area contributed by atoms with E-state index in [-0.39, 0.29) is 5.91 Å². The van der Waals surface area contributed by atoms with Gasteiger partial charge in [0.2, 0.25) is 5.91 Å². The van der Waals surface area contributed by atoms with Crippen LogP contribution >= 0.6 is 0 Å². The van der Waals surface area contributed by atoms with Crippen molar-refractivity contribution in [2.75, 3.05) is 11.9 Å². The van der Waals surface area contributed by atoms with E-state index in [1.807, 2.05) is 12.1 Å². The van der Waals surface area contributed by atoms with Crippen LogP contribution in [0.5, 0.6) is 0 Å². The van der Waals surface area contributed by atoms with E-state index < -0.39 is 0 Å². The van der Waals surface area contributed by atoms with Gasteiger partial charge in [0.25, 0.3) is 0 Å². The lowest BCUT2D eigenvalue weighted by Gasteiger charge is -2.38. The highest BCUT2D eigenvalue weighted by Gasteiger charge is 2.26. The number of carbonyl (C=O) groups is 1. The monoisotopic (exact) mass is 218 g/mol. The largest absolute Gasteiger partial charge is 0.371 e. The molecule has 0 bridgehead atoms. The lowest BCUT2D eigenvalue weighted by atomic mass is 9.87. The number of anilines is 1. The van der Waals surface area contributed by atoms with Crippen LogP contribution in [-0.4, -0.2) is 19.0 Å². The highest BCUT2D eigenvalue weighted by molar-refractivity contribution is 5.93. The fourth-order valence-electron chi connectivity index (χ4n) is 2.36. The minimum Gasteiger partial charge on any atom is -0.371 e. The molecule has 1 aliphatic heterocycles. The Bertz CT molecular complexity index is 428. The molecule has 2 N–H and O–H groups in total. The number of nitrogens with two attached hydrogens (primary N) is 1. The molecule has 86 valence electrons. The number of carbonyl (C=O) groups excluding carboxylic acids is 1. The van der Waals surface area contributed by atoms with Crippen LogP contribution in [0.2, 0.25) is 0 Å². The molecule has 1 amide bonds. The lowest BCUT2D eigenvalue weighted by molar-refractivity contribution is 0.1000. The number of fused-ring (bicyclic) bond motifs is 1. The number of hydrogen-bond acceptors (Lipinski definition) is 2. The van der Waals surface area contributed by atoms with Gasteiger partial charge in [0, 0.05) is 24.3 Å². The van der Waals surface area contributed by atoms with E-state index in [2.05, 4.69) is 25.8 Å². The maximum atomic E-state index is 11.1. The minimum absolute atomic E-state index is 0.350. The molecule has 1 aliphatic rings. The molecular formula is C13H18N2O. The van der Waals surface area contributed by atoms with E-state index >= 15 is 0 Å². The van der Waals surface area contributed by atoms with E-state index in [0.717, 1.165) is 6.42 Å². The summed E-state index contributed by atoms with van der Waals surface area (Å²) in [6.45, 7) is 4.47. The number of primary amides is 1. The molecule has 0 radical (unpaired) electrons. The van der Waals surface area contributed by atoms with Gasteiger partial charge in [0.1, 0.15) is 0 Å². The van der Waals surface area contributed by atoms with E-state index in [4.69, 9.17) is 5.73 Å². The van der Waals surface area contributed by atoms with Gasteiger partial charge in [0.05, 0.1) is 0 Å². The summed E-state index contributed by atoms with van der Waals surface area (Å²) in [5.74, 6) is 0.248. The molecule has 3 nitrogen and oxygen atoms in total. The molecular weight excluding hydrogens is 200 g/mol. The first-order valence-electron chi connectivity index (χ1n) is 5.66. The van der Waals surface area contributed by atoms with Gasteiger partial charge in [-0.05, 0) is 43.0 Å². The van der Waals surface area contributed by atoms with E-state index in [1.54, 1.807) is 6.07 Å². The average molecular weight is 218 g/mol. The van der Waals surface area contributed by atoms with Gasteiger partial charge in [-0.3, -0.25) is 4.79 Å². The second-order valence-corrected chi connectivity index (χ2v) is 4.74. The molecule has 16 heavy (non-hydrogen) atoms. The van der Waals surface area contributed by atoms with Crippen LogP contribution in [0, 0.1) is 5.92 Å². The predicted octanol–water partition coefficient (Wildman–Crippen LogP) is 1.80. The molecule has 2 rings (SSSR count). The Morgan fingerprint density at radius 1 is 1.44 bits per heavy atom. The highest BCUT2D eigenvalue weighted by Crippen LogP contribution is 2.32. The summed E-state index contributed by atoms with van der Waals surface area (Å²) in [5, 5.41) is 0. The average Bonchev–Trinajstić information content (AvgIpc) is 2.25. The summed E-state index contributed by atoms with van der Waals surface area (Å²) in [5.41, 5.74) is 8.34. The van der Waals surface area contributed by atoms with Crippen molar-refractivity contribution in [1.82, 2.24) is 0 Å². The molecule has 3 heteroatoms. The van der Waals surface area contributed by atoms with Crippen LogP contribution < -0.4 is 10.6 Å². The van der Waals surface area contributed by atoms with E-state index in [9.17, 15) is 4.79 Å². The number of hydrogen-bond donors (Lipinski definition) is 1. The number of benzene rings is 1. The normalized spacial score (nSPS) is 24.1. The van der Waals surface area contributed by atoms with Crippen LogP contribution in [0.15, 0.2) is 18.2 Å². The van der Waals surface area contributed by atoms with Gasteiger partial charge in [0.15, 0.2) is 0 Å². The summed E-state index contributed by atoms with van der Waals surface area (Å²) in [6, 6.07) is 6.27. The molecule has 1 aromatic carbocycles. The second kappa shape index (κ2) is 3.81. The van der Waals surface area contributed by atoms with E-state index in [1.165, 1.54) is 11.3 Å². The van der Waals surface area contributed by atoms with Crippen molar-refractivity contribution in [3.05, 3.63) is 29.3 Å². The van der Waals surface area contributed by atoms with Crippen molar-refractivity contribution in [2.45, 2.75) is 26.3 Å². The van der Waals surface area contributed by atoms with Crippen molar-refractivity contribution in [3.8, 4) is 0 Å². The first kappa shape index (κ1) is 11.0. The van der Waals surface area contributed by atoms with E-state index in [0.29, 0.717) is 17.5 Å². The van der Waals surface area contributed by atoms with Crippen molar-refractivity contribution >= 4 is 11.6 Å². The molecule has 2 atom stereocenters. The summed E-state index contributed by atoms with van der Waals surface area (Å²) in [4.78, 5) is 13.4. The Kier molecular flexibility index (Phi) is 2.62. The quantitative estimate of drug-likeness (QED) is 0.781. The molecule has 1 aromatic rings. The summed E-state index contributed by atoms with van der Waals surface area (Å²) in [7, 11) is 2.10. The first-order valence-corrected chi connectivity index (χ1v) is 5.66. The zero-order valence-corrected chi connectivity index (χ0v) is 10.0. The number of rotatable bonds is 1. The fourth-order valence-corrected chi connectivity index (χ4v) is 2.36. The molecule has 0 spiro atoms. The van der Waals surface area contributed by atoms with Crippen molar-refractivity contribution in [1.29, 1.82) is 0 Å². The number of amides is 1. The molecule has 0 saturated heterocycles.